The van der Waals surface area contributed by atoms with E-state index < -0.39 is 5.67 Å². The molecule has 1 aliphatic rings. The highest BCUT2D eigenvalue weighted by Crippen LogP contribution is 2.34. The molecule has 3 N–H and O–H groups in total. The molecule has 0 aromatic heterocycles. The summed E-state index contributed by atoms with van der Waals surface area (Å²) < 4.78 is 19.1. The largest absolute Gasteiger partial charge is 0.370 e. The van der Waals surface area contributed by atoms with E-state index in [0.29, 0.717) is 0 Å². The second kappa shape index (κ2) is 4.41. The number of alkyl halides is 1. The first-order valence-corrected chi connectivity index (χ1v) is 5.12. The van der Waals surface area contributed by atoms with Gasteiger partial charge in [0.15, 0.2) is 5.67 Å². The van der Waals surface area contributed by atoms with E-state index in [0.717, 1.165) is 12.6 Å². The Morgan fingerprint density at radius 3 is 2.80 bits per heavy atom. The van der Waals surface area contributed by atoms with E-state index in [1.165, 1.54) is 0 Å². The van der Waals surface area contributed by atoms with Gasteiger partial charge in [-0.25, -0.2) is 4.39 Å². The fourth-order valence-corrected chi connectivity index (χ4v) is 1.54. The zero-order chi connectivity index (χ0) is 11.5. The minimum absolute atomic E-state index is 0.0114. The van der Waals surface area contributed by atoms with Crippen LogP contribution >= 0.6 is 0 Å². The highest BCUT2D eigenvalue weighted by molar-refractivity contribution is 5.65. The van der Waals surface area contributed by atoms with Crippen LogP contribution in [0.25, 0.3) is 0 Å². The molecule has 0 aliphatic heterocycles. The molecule has 0 heterocycles. The van der Waals surface area contributed by atoms with E-state index in [4.69, 9.17) is 15.9 Å². The summed E-state index contributed by atoms with van der Waals surface area (Å²) in [6, 6.07) is 0. The van der Waals surface area contributed by atoms with Gasteiger partial charge in [0.05, 0.1) is 12.7 Å². The van der Waals surface area contributed by atoms with Crippen molar-refractivity contribution in [3.05, 3.63) is 12.2 Å². The summed E-state index contributed by atoms with van der Waals surface area (Å²) in [5.74, 6) is 0. The summed E-state index contributed by atoms with van der Waals surface area (Å²) in [7, 11) is 0. The fourth-order valence-electron chi connectivity index (χ4n) is 1.54. The van der Waals surface area contributed by atoms with Crippen LogP contribution in [0.1, 0.15) is 20.3 Å². The molecule has 1 aliphatic carbocycles. The van der Waals surface area contributed by atoms with Crippen molar-refractivity contribution in [2.24, 2.45) is 11.1 Å². The third kappa shape index (κ3) is 2.86. The lowest BCUT2D eigenvalue weighted by atomic mass is 9.88. The van der Waals surface area contributed by atoms with E-state index in [-0.39, 0.29) is 24.7 Å². The molecule has 0 amide bonds. The van der Waals surface area contributed by atoms with Gasteiger partial charge in [0, 0.05) is 12.8 Å². The molecule has 1 rings (SSSR count). The normalized spacial score (nSPS) is 27.6. The lowest BCUT2D eigenvalue weighted by Crippen LogP contribution is -2.42. The van der Waals surface area contributed by atoms with Crippen LogP contribution in [0.15, 0.2) is 12.2 Å². The lowest BCUT2D eigenvalue weighted by Gasteiger charge is -2.29. The highest BCUT2D eigenvalue weighted by Gasteiger charge is 2.34. The van der Waals surface area contributed by atoms with Crippen LogP contribution in [0.5, 0.6) is 0 Å². The van der Waals surface area contributed by atoms with E-state index >= 15 is 0 Å². The summed E-state index contributed by atoms with van der Waals surface area (Å²) in [5.41, 5.74) is 3.43. The van der Waals surface area contributed by atoms with Gasteiger partial charge in [-0.2, -0.15) is 0 Å². The molecule has 86 valence electrons. The van der Waals surface area contributed by atoms with Gasteiger partial charge < -0.3 is 15.9 Å². The van der Waals surface area contributed by atoms with Gasteiger partial charge in [0.1, 0.15) is 0 Å². The van der Waals surface area contributed by atoms with Crippen molar-refractivity contribution in [1.29, 1.82) is 5.41 Å². The number of halogens is 1. The van der Waals surface area contributed by atoms with Crippen molar-refractivity contribution in [1.82, 2.24) is 0 Å². The average molecular weight is 214 g/mol. The third-order valence-corrected chi connectivity index (χ3v) is 2.83. The lowest BCUT2D eigenvalue weighted by molar-refractivity contribution is -0.0208. The molecule has 0 saturated carbocycles. The fraction of sp³-hybridized carbons (Fsp3) is 0.727. The molecule has 15 heavy (non-hydrogen) atoms. The van der Waals surface area contributed by atoms with Crippen molar-refractivity contribution in [3.8, 4) is 0 Å². The van der Waals surface area contributed by atoms with Crippen LogP contribution in [0.3, 0.4) is 0 Å². The van der Waals surface area contributed by atoms with Gasteiger partial charge in [0.25, 0.3) is 0 Å². The highest BCUT2D eigenvalue weighted by atomic mass is 19.1. The molecule has 0 saturated heterocycles. The minimum Gasteiger partial charge on any atom is -0.370 e. The molecule has 2 unspecified atom stereocenters. The number of allylic oxidation sites excluding steroid dienone is 1. The first-order valence-electron chi connectivity index (χ1n) is 5.12. The molecular formula is C11H19FN2O. The van der Waals surface area contributed by atoms with Crippen molar-refractivity contribution >= 4 is 6.21 Å². The summed E-state index contributed by atoms with van der Waals surface area (Å²) in [5, 5.41) is 6.95. The average Bonchev–Trinajstić information content (AvgIpc) is 2.54. The first kappa shape index (κ1) is 12.3. The molecule has 3 nitrogen and oxygen atoms in total. The maximum atomic E-state index is 13.6. The molecule has 0 aromatic carbocycles. The minimum atomic E-state index is -1.83. The number of nitrogens with two attached hydrogens (primary N) is 1. The molecule has 0 radical (unpaired) electrons. The molecule has 0 spiro atoms. The van der Waals surface area contributed by atoms with E-state index in [1.54, 1.807) is 0 Å². The first-order chi connectivity index (χ1) is 6.93. The Balaban J connectivity index is 2.50. The Morgan fingerprint density at radius 2 is 2.40 bits per heavy atom. The summed E-state index contributed by atoms with van der Waals surface area (Å²) in [6.07, 6.45) is 5.56. The zero-order valence-electron chi connectivity index (χ0n) is 9.29. The van der Waals surface area contributed by atoms with Crippen molar-refractivity contribution in [2.45, 2.75) is 32.0 Å². The summed E-state index contributed by atoms with van der Waals surface area (Å²) in [6.45, 7) is 3.79. The van der Waals surface area contributed by atoms with Gasteiger partial charge in [0.2, 0.25) is 0 Å². The number of nitrogens with one attached hydrogen (secondary N) is 1. The maximum absolute atomic E-state index is 13.6. The SMILES string of the molecule is CC1(C)CC=CC1OCC(F)(C=N)CN. The van der Waals surface area contributed by atoms with Crippen molar-refractivity contribution < 1.29 is 9.13 Å². The van der Waals surface area contributed by atoms with Gasteiger partial charge in [-0.3, -0.25) is 0 Å². The number of ether oxygens (including phenoxy) is 1. The van der Waals surface area contributed by atoms with Crippen LogP contribution < -0.4 is 5.73 Å². The van der Waals surface area contributed by atoms with Crippen LogP contribution in [-0.4, -0.2) is 31.1 Å². The van der Waals surface area contributed by atoms with Gasteiger partial charge in [-0.05, 0) is 11.8 Å². The molecular weight excluding hydrogens is 195 g/mol. The maximum Gasteiger partial charge on any atom is 0.180 e. The van der Waals surface area contributed by atoms with Crippen LogP contribution in [0.4, 0.5) is 4.39 Å². The van der Waals surface area contributed by atoms with Gasteiger partial charge in [-0.15, -0.1) is 0 Å². The summed E-state index contributed by atoms with van der Waals surface area (Å²) in [4.78, 5) is 0. The topological polar surface area (TPSA) is 59.1 Å². The Hall–Kier alpha value is -0.740. The number of hydrogen-bond acceptors (Lipinski definition) is 3. The molecule has 2 atom stereocenters. The van der Waals surface area contributed by atoms with Gasteiger partial charge in [-0.1, -0.05) is 26.0 Å². The van der Waals surface area contributed by atoms with Crippen molar-refractivity contribution in [3.63, 3.8) is 0 Å². The number of rotatable bonds is 5. The van der Waals surface area contributed by atoms with E-state index in [2.05, 4.69) is 13.8 Å². The quantitative estimate of drug-likeness (QED) is 0.540. The summed E-state index contributed by atoms with van der Waals surface area (Å²) >= 11 is 0. The molecule has 0 aromatic rings. The second-order valence-electron chi connectivity index (χ2n) is 4.74. The van der Waals surface area contributed by atoms with Crippen molar-refractivity contribution in [2.75, 3.05) is 13.2 Å². The Labute approximate surface area is 90.0 Å². The monoisotopic (exact) mass is 214 g/mol. The van der Waals surface area contributed by atoms with Crippen LogP contribution in [0, 0.1) is 10.8 Å². The van der Waals surface area contributed by atoms with E-state index in [1.807, 2.05) is 12.2 Å². The molecule has 0 bridgehead atoms. The predicted molar refractivity (Wildman–Crippen MR) is 59.0 cm³/mol. The third-order valence-electron chi connectivity index (χ3n) is 2.83. The molecule has 0 fully saturated rings. The second-order valence-corrected chi connectivity index (χ2v) is 4.74. The smallest absolute Gasteiger partial charge is 0.180 e. The standard InChI is InChI=1S/C11H19FN2O/c1-10(2)5-3-4-9(10)15-8-11(12,6-13)7-14/h3-4,6,9,13H,5,7-8,14H2,1-2H3. The Morgan fingerprint density at radius 1 is 1.73 bits per heavy atom. The zero-order valence-corrected chi connectivity index (χ0v) is 9.29. The Kier molecular flexibility index (Phi) is 3.62. The molecule has 4 heteroatoms. The van der Waals surface area contributed by atoms with Crippen LogP contribution in [-0.2, 0) is 4.74 Å². The number of hydrogen-bond donors (Lipinski definition) is 2. The van der Waals surface area contributed by atoms with Crippen LogP contribution in [0.2, 0.25) is 0 Å². The predicted octanol–water partition coefficient (Wildman–Crippen LogP) is 1.67. The van der Waals surface area contributed by atoms with Gasteiger partial charge >= 0.3 is 0 Å². The van der Waals surface area contributed by atoms with E-state index in [9.17, 15) is 4.39 Å². The Bertz CT molecular complexity index is 265.